The summed E-state index contributed by atoms with van der Waals surface area (Å²) in [6.07, 6.45) is 9.58. The van der Waals surface area contributed by atoms with Crippen molar-refractivity contribution in [2.45, 2.75) is 46.0 Å². The van der Waals surface area contributed by atoms with Crippen LogP contribution in [0.15, 0.2) is 17.9 Å². The van der Waals surface area contributed by atoms with E-state index in [0.29, 0.717) is 6.61 Å². The third kappa shape index (κ3) is 11.0. The maximum absolute atomic E-state index is 10.4. The first-order chi connectivity index (χ1) is 6.77. The minimum absolute atomic E-state index is 0.180. The fourth-order valence-electron chi connectivity index (χ4n) is 1.12. The van der Waals surface area contributed by atoms with Crippen LogP contribution in [0, 0.1) is 0 Å². The van der Waals surface area contributed by atoms with Crippen LogP contribution in [-0.4, -0.2) is 12.6 Å². The van der Waals surface area contributed by atoms with E-state index in [1.165, 1.54) is 19.8 Å². The third-order valence-electron chi connectivity index (χ3n) is 1.83. The molecule has 0 N–H and O–H groups in total. The van der Waals surface area contributed by atoms with Gasteiger partial charge in [0.15, 0.2) is 0 Å². The van der Waals surface area contributed by atoms with Crippen molar-refractivity contribution in [3.05, 3.63) is 17.9 Å². The van der Waals surface area contributed by atoms with E-state index in [4.69, 9.17) is 4.74 Å². The highest BCUT2D eigenvalue weighted by atomic mass is 16.5. The molecule has 0 aliphatic rings. The molecule has 0 rings (SSSR count). The number of allylic oxidation sites excluding steroid dienone is 1. The van der Waals surface area contributed by atoms with Gasteiger partial charge in [0.05, 0.1) is 6.61 Å². The molecule has 0 aromatic rings. The van der Waals surface area contributed by atoms with E-state index in [1.54, 1.807) is 0 Å². The summed E-state index contributed by atoms with van der Waals surface area (Å²) in [6, 6.07) is 0. The molecule has 0 amide bonds. The second-order valence-corrected chi connectivity index (χ2v) is 3.20. The molecule has 0 aliphatic carbocycles. The van der Waals surface area contributed by atoms with Crippen LogP contribution in [0.25, 0.3) is 0 Å². The average Bonchev–Trinajstić information content (AvgIpc) is 2.15. The van der Waals surface area contributed by atoms with Crippen molar-refractivity contribution in [1.29, 1.82) is 0 Å². The summed E-state index contributed by atoms with van der Waals surface area (Å²) in [5, 5.41) is 0. The van der Waals surface area contributed by atoms with Gasteiger partial charge in [-0.3, -0.25) is 4.79 Å². The normalized spacial score (nSPS) is 9.00. The second kappa shape index (κ2) is 10.1. The van der Waals surface area contributed by atoms with E-state index < -0.39 is 0 Å². The molecule has 0 fully saturated rings. The maximum atomic E-state index is 10.4. The van der Waals surface area contributed by atoms with Crippen molar-refractivity contribution in [2.75, 3.05) is 6.61 Å². The lowest BCUT2D eigenvalue weighted by Gasteiger charge is -2.00. The molecule has 0 saturated heterocycles. The summed E-state index contributed by atoms with van der Waals surface area (Å²) in [5.41, 5.74) is 3.05. The van der Waals surface area contributed by atoms with Crippen LogP contribution >= 0.6 is 0 Å². The zero-order valence-corrected chi connectivity index (χ0v) is 9.21. The molecular formula is C12H20O2. The van der Waals surface area contributed by atoms with Crippen LogP contribution in [0.1, 0.15) is 46.0 Å². The Hall–Kier alpha value is -1.01. The Morgan fingerprint density at radius 1 is 1.29 bits per heavy atom. The highest BCUT2D eigenvalue weighted by Crippen LogP contribution is 2.03. The number of carbonyl (C=O) groups excluding carboxylic acids is 1. The number of carbonyl (C=O) groups is 1. The van der Waals surface area contributed by atoms with Crippen LogP contribution in [0.4, 0.5) is 0 Å². The van der Waals surface area contributed by atoms with Gasteiger partial charge in [0.25, 0.3) is 0 Å². The van der Waals surface area contributed by atoms with E-state index in [-0.39, 0.29) is 5.97 Å². The molecule has 2 nitrogen and oxygen atoms in total. The van der Waals surface area contributed by atoms with Gasteiger partial charge < -0.3 is 4.74 Å². The zero-order valence-electron chi connectivity index (χ0n) is 9.21. The number of hydrogen-bond acceptors (Lipinski definition) is 2. The monoisotopic (exact) mass is 196 g/mol. The number of ether oxygens (including phenoxy) is 1. The Morgan fingerprint density at radius 2 is 2.00 bits per heavy atom. The molecule has 0 bridgehead atoms. The Morgan fingerprint density at radius 3 is 2.64 bits per heavy atom. The predicted molar refractivity (Wildman–Crippen MR) is 58.0 cm³/mol. The Balaban J connectivity index is 3.06. The van der Waals surface area contributed by atoms with Crippen molar-refractivity contribution in [2.24, 2.45) is 0 Å². The summed E-state index contributed by atoms with van der Waals surface area (Å²) >= 11 is 0. The van der Waals surface area contributed by atoms with Gasteiger partial charge >= 0.3 is 5.97 Å². The lowest BCUT2D eigenvalue weighted by Crippen LogP contribution is -1.99. The van der Waals surface area contributed by atoms with Gasteiger partial charge in [-0.2, -0.15) is 0 Å². The quantitative estimate of drug-likeness (QED) is 0.355. The van der Waals surface area contributed by atoms with Crippen LogP contribution in [0.3, 0.4) is 0 Å². The molecule has 0 aliphatic heterocycles. The van der Waals surface area contributed by atoms with Crippen molar-refractivity contribution < 1.29 is 9.53 Å². The highest BCUT2D eigenvalue weighted by Gasteiger charge is 1.92. The summed E-state index contributed by atoms with van der Waals surface area (Å²) in [7, 11) is 0. The van der Waals surface area contributed by atoms with Crippen LogP contribution < -0.4 is 0 Å². The first kappa shape index (κ1) is 13.0. The fraction of sp³-hybridized carbons (Fsp3) is 0.667. The van der Waals surface area contributed by atoms with Gasteiger partial charge in [0.2, 0.25) is 0 Å². The number of unbranched alkanes of at least 4 members (excludes halogenated alkanes) is 4. The van der Waals surface area contributed by atoms with E-state index >= 15 is 0 Å². The van der Waals surface area contributed by atoms with Crippen molar-refractivity contribution in [3.8, 4) is 0 Å². The standard InChI is InChI=1S/C12H20O2/c1-3-4-5-6-7-8-9-10-11-14-12(2)13/h3,5H,6-11H2,1-2H3. The van der Waals surface area contributed by atoms with Gasteiger partial charge in [0.1, 0.15) is 0 Å². The van der Waals surface area contributed by atoms with E-state index in [1.807, 2.05) is 13.0 Å². The average molecular weight is 196 g/mol. The second-order valence-electron chi connectivity index (χ2n) is 3.20. The van der Waals surface area contributed by atoms with Gasteiger partial charge in [-0.15, -0.1) is 5.73 Å². The molecule has 0 aromatic heterocycles. The summed E-state index contributed by atoms with van der Waals surface area (Å²) in [5.74, 6) is -0.180. The Labute approximate surface area is 86.6 Å². The van der Waals surface area contributed by atoms with Crippen LogP contribution in [0.5, 0.6) is 0 Å². The first-order valence-electron chi connectivity index (χ1n) is 5.26. The molecule has 0 radical (unpaired) electrons. The molecule has 2 heteroatoms. The lowest BCUT2D eigenvalue weighted by molar-refractivity contribution is -0.141. The molecule has 0 saturated carbocycles. The third-order valence-corrected chi connectivity index (χ3v) is 1.83. The largest absolute Gasteiger partial charge is 0.466 e. The van der Waals surface area contributed by atoms with Gasteiger partial charge in [-0.25, -0.2) is 0 Å². The molecular weight excluding hydrogens is 176 g/mol. The molecule has 0 heterocycles. The Kier molecular flexibility index (Phi) is 9.35. The molecule has 0 unspecified atom stereocenters. The smallest absolute Gasteiger partial charge is 0.302 e. The highest BCUT2D eigenvalue weighted by molar-refractivity contribution is 5.65. The summed E-state index contributed by atoms with van der Waals surface area (Å²) < 4.78 is 4.82. The van der Waals surface area contributed by atoms with E-state index in [9.17, 15) is 4.79 Å². The molecule has 0 aromatic carbocycles. The number of esters is 1. The Bertz CT molecular complexity index is 200. The van der Waals surface area contributed by atoms with Crippen molar-refractivity contribution in [3.63, 3.8) is 0 Å². The zero-order chi connectivity index (χ0) is 10.6. The molecule has 14 heavy (non-hydrogen) atoms. The molecule has 0 atom stereocenters. The molecule has 80 valence electrons. The van der Waals surface area contributed by atoms with Gasteiger partial charge in [-0.05, 0) is 38.3 Å². The van der Waals surface area contributed by atoms with E-state index in [2.05, 4.69) is 11.8 Å². The predicted octanol–water partition coefficient (Wildman–Crippen LogP) is 3.23. The topological polar surface area (TPSA) is 26.3 Å². The van der Waals surface area contributed by atoms with Gasteiger partial charge in [0, 0.05) is 6.92 Å². The summed E-state index contributed by atoms with van der Waals surface area (Å²) in [6.45, 7) is 3.98. The summed E-state index contributed by atoms with van der Waals surface area (Å²) in [4.78, 5) is 10.4. The first-order valence-corrected chi connectivity index (χ1v) is 5.26. The van der Waals surface area contributed by atoms with Gasteiger partial charge in [-0.1, -0.05) is 12.8 Å². The van der Waals surface area contributed by atoms with E-state index in [0.717, 1.165) is 19.3 Å². The minimum atomic E-state index is -0.180. The van der Waals surface area contributed by atoms with Crippen molar-refractivity contribution in [1.82, 2.24) is 0 Å². The number of rotatable bonds is 7. The minimum Gasteiger partial charge on any atom is -0.466 e. The fourth-order valence-corrected chi connectivity index (χ4v) is 1.12. The SMILES string of the molecule is CC=C=CCCCCCCOC(C)=O. The maximum Gasteiger partial charge on any atom is 0.302 e. The number of hydrogen-bond donors (Lipinski definition) is 0. The lowest BCUT2D eigenvalue weighted by atomic mass is 10.1. The van der Waals surface area contributed by atoms with Crippen molar-refractivity contribution >= 4 is 5.97 Å². The molecule has 0 spiro atoms. The van der Waals surface area contributed by atoms with Crippen LogP contribution in [0.2, 0.25) is 0 Å². The van der Waals surface area contributed by atoms with Crippen LogP contribution in [-0.2, 0) is 9.53 Å².